The minimum atomic E-state index is -0.996. The van der Waals surface area contributed by atoms with Crippen LogP contribution < -0.4 is 5.73 Å². The molecule has 112 valence electrons. The highest BCUT2D eigenvalue weighted by Gasteiger charge is 2.16. The van der Waals surface area contributed by atoms with Gasteiger partial charge in [0.2, 0.25) is 0 Å². The Morgan fingerprint density at radius 1 is 1.09 bits per heavy atom. The van der Waals surface area contributed by atoms with Crippen molar-refractivity contribution in [2.75, 3.05) is 5.73 Å². The van der Waals surface area contributed by atoms with Crippen LogP contribution in [0.3, 0.4) is 0 Å². The number of hydrogen-bond donors (Lipinski definition) is 2. The molecular formula is C15H12F2N4O. The Bertz CT molecular complexity index is 861. The molecule has 0 aliphatic carbocycles. The van der Waals surface area contributed by atoms with Crippen molar-refractivity contribution in [3.05, 3.63) is 53.6 Å². The molecule has 0 spiro atoms. The molecule has 7 heteroatoms. The van der Waals surface area contributed by atoms with Crippen molar-refractivity contribution < 1.29 is 13.9 Å². The van der Waals surface area contributed by atoms with E-state index in [1.165, 1.54) is 16.8 Å². The third-order valence-electron chi connectivity index (χ3n) is 3.26. The standard InChI is InChI=1S/C15H12F2N4O/c1-8-2-5-13(22)12(6-8)21-15(18)14(19-20-21)9-3-4-10(16)11(17)7-9/h2-7,22H,18H2,1H3. The third-order valence-corrected chi connectivity index (χ3v) is 3.26. The van der Waals surface area contributed by atoms with Crippen LogP contribution in [0, 0.1) is 18.6 Å². The first kappa shape index (κ1) is 14.0. The molecule has 0 fully saturated rings. The second-order valence-electron chi connectivity index (χ2n) is 4.86. The highest BCUT2D eigenvalue weighted by atomic mass is 19.2. The van der Waals surface area contributed by atoms with Crippen molar-refractivity contribution in [1.29, 1.82) is 0 Å². The summed E-state index contributed by atoms with van der Waals surface area (Å²) in [4.78, 5) is 0. The van der Waals surface area contributed by atoms with E-state index in [-0.39, 0.29) is 17.3 Å². The maximum atomic E-state index is 13.3. The number of nitrogens with two attached hydrogens (primary N) is 1. The number of aromatic nitrogens is 3. The Morgan fingerprint density at radius 3 is 2.59 bits per heavy atom. The van der Waals surface area contributed by atoms with E-state index in [4.69, 9.17) is 5.73 Å². The van der Waals surface area contributed by atoms with Crippen LogP contribution >= 0.6 is 0 Å². The smallest absolute Gasteiger partial charge is 0.159 e. The van der Waals surface area contributed by atoms with Crippen LogP contribution in [0.1, 0.15) is 5.56 Å². The number of nitrogens with zero attached hydrogens (tertiary/aromatic N) is 3. The zero-order chi connectivity index (χ0) is 15.9. The van der Waals surface area contributed by atoms with Crippen LogP contribution in [0.25, 0.3) is 16.9 Å². The van der Waals surface area contributed by atoms with E-state index >= 15 is 0 Å². The number of halogens is 2. The van der Waals surface area contributed by atoms with Gasteiger partial charge in [-0.05, 0) is 42.8 Å². The fourth-order valence-electron chi connectivity index (χ4n) is 2.12. The number of nitrogen functional groups attached to an aromatic ring is 1. The molecule has 0 saturated heterocycles. The lowest BCUT2D eigenvalue weighted by molar-refractivity contribution is 0.470. The number of benzene rings is 2. The van der Waals surface area contributed by atoms with Gasteiger partial charge in [0.15, 0.2) is 17.5 Å². The van der Waals surface area contributed by atoms with Gasteiger partial charge in [-0.15, -0.1) is 5.10 Å². The number of phenols is 1. The Kier molecular flexibility index (Phi) is 3.25. The zero-order valence-electron chi connectivity index (χ0n) is 11.6. The van der Waals surface area contributed by atoms with Crippen molar-refractivity contribution in [2.45, 2.75) is 6.92 Å². The molecule has 0 radical (unpaired) electrons. The van der Waals surface area contributed by atoms with E-state index in [9.17, 15) is 13.9 Å². The summed E-state index contributed by atoms with van der Waals surface area (Å²) in [5.74, 6) is -1.85. The van der Waals surface area contributed by atoms with E-state index in [0.29, 0.717) is 11.3 Å². The molecule has 0 aliphatic rings. The van der Waals surface area contributed by atoms with Crippen molar-refractivity contribution in [3.63, 3.8) is 0 Å². The van der Waals surface area contributed by atoms with Gasteiger partial charge in [-0.1, -0.05) is 11.3 Å². The minimum Gasteiger partial charge on any atom is -0.506 e. The normalized spacial score (nSPS) is 10.9. The molecule has 5 nitrogen and oxygen atoms in total. The fourth-order valence-corrected chi connectivity index (χ4v) is 2.12. The lowest BCUT2D eigenvalue weighted by Gasteiger charge is -2.07. The van der Waals surface area contributed by atoms with Gasteiger partial charge in [-0.3, -0.25) is 0 Å². The predicted octanol–water partition coefficient (Wildman–Crippen LogP) is 2.81. The van der Waals surface area contributed by atoms with Crippen LogP contribution in [0.5, 0.6) is 5.75 Å². The third kappa shape index (κ3) is 2.26. The van der Waals surface area contributed by atoms with Crippen LogP contribution in [0.15, 0.2) is 36.4 Å². The SMILES string of the molecule is Cc1ccc(O)c(-n2nnc(-c3ccc(F)c(F)c3)c2N)c1. The number of anilines is 1. The van der Waals surface area contributed by atoms with Gasteiger partial charge >= 0.3 is 0 Å². The second-order valence-corrected chi connectivity index (χ2v) is 4.86. The molecule has 0 saturated carbocycles. The maximum absolute atomic E-state index is 13.3. The van der Waals surface area contributed by atoms with Crippen LogP contribution in [0.4, 0.5) is 14.6 Å². The summed E-state index contributed by atoms with van der Waals surface area (Å²) in [6.45, 7) is 1.85. The van der Waals surface area contributed by atoms with Crippen LogP contribution in [0.2, 0.25) is 0 Å². The molecule has 3 rings (SSSR count). The summed E-state index contributed by atoms with van der Waals surface area (Å²) in [5, 5.41) is 17.7. The van der Waals surface area contributed by atoms with Gasteiger partial charge < -0.3 is 10.8 Å². The summed E-state index contributed by atoms with van der Waals surface area (Å²) >= 11 is 0. The summed E-state index contributed by atoms with van der Waals surface area (Å²) in [6.07, 6.45) is 0. The van der Waals surface area contributed by atoms with Gasteiger partial charge in [0.05, 0.1) is 0 Å². The monoisotopic (exact) mass is 302 g/mol. The lowest BCUT2D eigenvalue weighted by atomic mass is 10.1. The molecule has 3 N–H and O–H groups in total. The first-order chi connectivity index (χ1) is 10.5. The molecule has 22 heavy (non-hydrogen) atoms. The quantitative estimate of drug-likeness (QED) is 0.763. The van der Waals surface area contributed by atoms with Crippen molar-refractivity contribution in [3.8, 4) is 22.7 Å². The van der Waals surface area contributed by atoms with E-state index in [2.05, 4.69) is 10.3 Å². The van der Waals surface area contributed by atoms with E-state index in [1.54, 1.807) is 12.1 Å². The van der Waals surface area contributed by atoms with Crippen LogP contribution in [-0.4, -0.2) is 20.1 Å². The predicted molar refractivity (Wildman–Crippen MR) is 77.5 cm³/mol. The first-order valence-electron chi connectivity index (χ1n) is 6.44. The van der Waals surface area contributed by atoms with Gasteiger partial charge in [-0.2, -0.15) is 4.68 Å². The Balaban J connectivity index is 2.12. The minimum absolute atomic E-state index is 0.0148. The molecule has 0 unspecified atom stereocenters. The topological polar surface area (TPSA) is 77.0 Å². The van der Waals surface area contributed by atoms with Crippen molar-refractivity contribution in [2.24, 2.45) is 0 Å². The summed E-state index contributed by atoms with van der Waals surface area (Å²) < 4.78 is 27.6. The van der Waals surface area contributed by atoms with Crippen molar-refractivity contribution >= 4 is 5.82 Å². The second kappa shape index (κ2) is 5.10. The average Bonchev–Trinajstić information content (AvgIpc) is 2.86. The van der Waals surface area contributed by atoms with Gasteiger partial charge in [0.25, 0.3) is 0 Å². The molecular weight excluding hydrogens is 290 g/mol. The number of hydrogen-bond acceptors (Lipinski definition) is 4. The maximum Gasteiger partial charge on any atom is 0.159 e. The van der Waals surface area contributed by atoms with E-state index in [1.807, 2.05) is 6.92 Å². The molecule has 0 atom stereocenters. The molecule has 1 aromatic heterocycles. The Labute approximate surface area is 124 Å². The molecule has 2 aromatic carbocycles. The Hall–Kier alpha value is -2.96. The molecule has 0 amide bonds. The molecule has 3 aromatic rings. The van der Waals surface area contributed by atoms with E-state index in [0.717, 1.165) is 17.7 Å². The average molecular weight is 302 g/mol. The van der Waals surface area contributed by atoms with Gasteiger partial charge in [0.1, 0.15) is 17.1 Å². The largest absolute Gasteiger partial charge is 0.506 e. The van der Waals surface area contributed by atoms with Crippen molar-refractivity contribution in [1.82, 2.24) is 15.0 Å². The lowest BCUT2D eigenvalue weighted by Crippen LogP contribution is -2.03. The molecule has 0 bridgehead atoms. The van der Waals surface area contributed by atoms with Crippen LogP contribution in [-0.2, 0) is 0 Å². The number of rotatable bonds is 2. The van der Waals surface area contributed by atoms with Gasteiger partial charge in [0, 0.05) is 5.56 Å². The summed E-state index contributed by atoms with van der Waals surface area (Å²) in [7, 11) is 0. The molecule has 1 heterocycles. The number of aromatic hydroxyl groups is 1. The first-order valence-corrected chi connectivity index (χ1v) is 6.44. The number of aryl methyl sites for hydroxylation is 1. The van der Waals surface area contributed by atoms with E-state index < -0.39 is 11.6 Å². The Morgan fingerprint density at radius 2 is 1.86 bits per heavy atom. The highest BCUT2D eigenvalue weighted by molar-refractivity contribution is 5.71. The summed E-state index contributed by atoms with van der Waals surface area (Å²) in [5.41, 5.74) is 7.75. The van der Waals surface area contributed by atoms with Gasteiger partial charge in [-0.25, -0.2) is 8.78 Å². The number of phenolic OH excluding ortho intramolecular Hbond substituents is 1. The fraction of sp³-hybridized carbons (Fsp3) is 0.0667. The molecule has 0 aliphatic heterocycles. The highest BCUT2D eigenvalue weighted by Crippen LogP contribution is 2.30. The zero-order valence-corrected chi connectivity index (χ0v) is 11.6. The summed E-state index contributed by atoms with van der Waals surface area (Å²) in [6, 6.07) is 8.29.